The monoisotopic (exact) mass is 476 g/mol. The molecule has 2 aromatic rings. The number of carbonyl (C=O) groups excluding carboxylic acids is 1. The first kappa shape index (κ1) is 26.7. The molecule has 180 valence electrons. The van der Waals surface area contributed by atoms with Crippen molar-refractivity contribution in [3.63, 3.8) is 0 Å². The van der Waals surface area contributed by atoms with Gasteiger partial charge in [-0.3, -0.25) is 23.6 Å². The van der Waals surface area contributed by atoms with Crippen LogP contribution in [0.4, 0.5) is 5.69 Å². The first-order valence-corrected chi connectivity index (χ1v) is 12.9. The van der Waals surface area contributed by atoms with Crippen molar-refractivity contribution < 1.29 is 28.7 Å². The fourth-order valence-electron chi connectivity index (χ4n) is 3.45. The third-order valence-electron chi connectivity index (χ3n) is 5.11. The molecule has 0 aliphatic carbocycles. The SMILES string of the molecule is NCCCCC(OP(=O)(O)CCCCc1ccccc1)C(=O)N(CC(=O)O)c1ccccc1. The highest BCUT2D eigenvalue weighted by Gasteiger charge is 2.33. The molecule has 0 saturated carbocycles. The average molecular weight is 477 g/mol. The van der Waals surface area contributed by atoms with Crippen LogP contribution in [-0.4, -0.2) is 47.2 Å². The van der Waals surface area contributed by atoms with E-state index in [-0.39, 0.29) is 12.6 Å². The fraction of sp³-hybridized carbons (Fsp3) is 0.417. The maximum Gasteiger partial charge on any atom is 0.328 e. The molecule has 0 bridgehead atoms. The zero-order valence-corrected chi connectivity index (χ0v) is 19.6. The second-order valence-electron chi connectivity index (χ2n) is 7.84. The molecule has 0 heterocycles. The minimum absolute atomic E-state index is 0.0786. The van der Waals surface area contributed by atoms with Crippen LogP contribution in [-0.2, 0) is 25.1 Å². The predicted octanol–water partition coefficient (Wildman–Crippen LogP) is 3.83. The van der Waals surface area contributed by atoms with Gasteiger partial charge in [-0.15, -0.1) is 0 Å². The lowest BCUT2D eigenvalue weighted by atomic mass is 10.1. The maximum absolute atomic E-state index is 13.2. The molecule has 0 fully saturated rings. The van der Waals surface area contributed by atoms with Gasteiger partial charge in [-0.1, -0.05) is 48.5 Å². The van der Waals surface area contributed by atoms with Gasteiger partial charge in [0.25, 0.3) is 5.91 Å². The lowest BCUT2D eigenvalue weighted by molar-refractivity contribution is -0.137. The number of amides is 1. The Balaban J connectivity index is 2.06. The summed E-state index contributed by atoms with van der Waals surface area (Å²) in [6.45, 7) is -0.166. The zero-order valence-electron chi connectivity index (χ0n) is 18.7. The number of rotatable bonds is 15. The van der Waals surface area contributed by atoms with Crippen molar-refractivity contribution in [2.24, 2.45) is 5.73 Å². The highest BCUT2D eigenvalue weighted by Crippen LogP contribution is 2.45. The number of hydrogen-bond donors (Lipinski definition) is 3. The van der Waals surface area contributed by atoms with Gasteiger partial charge in [0, 0.05) is 5.69 Å². The van der Waals surface area contributed by atoms with Crippen LogP contribution in [0.3, 0.4) is 0 Å². The lowest BCUT2D eigenvalue weighted by Gasteiger charge is -2.27. The van der Waals surface area contributed by atoms with E-state index in [4.69, 9.17) is 10.3 Å². The van der Waals surface area contributed by atoms with E-state index in [2.05, 4.69) is 0 Å². The maximum atomic E-state index is 13.2. The van der Waals surface area contributed by atoms with Crippen molar-refractivity contribution in [1.82, 2.24) is 0 Å². The number of carbonyl (C=O) groups is 2. The summed E-state index contributed by atoms with van der Waals surface area (Å²) < 4.78 is 18.2. The van der Waals surface area contributed by atoms with Gasteiger partial charge >= 0.3 is 13.6 Å². The van der Waals surface area contributed by atoms with Crippen molar-refractivity contribution >= 4 is 25.2 Å². The van der Waals surface area contributed by atoms with Crippen LogP contribution in [0.1, 0.15) is 37.7 Å². The topological polar surface area (TPSA) is 130 Å². The standard InChI is InChI=1S/C24H33N2O6P/c25-17-9-7-16-22(24(29)26(19-23(27)28)21-14-5-2-6-15-21)32-33(30,31)18-10-8-13-20-11-3-1-4-12-20/h1-6,11-12,14-15,22H,7-10,13,16-19,25H2,(H,27,28)(H,30,31). The van der Waals surface area contributed by atoms with Gasteiger partial charge in [0.15, 0.2) is 0 Å². The summed E-state index contributed by atoms with van der Waals surface area (Å²) in [7, 11) is -4.06. The number of anilines is 1. The molecule has 2 rings (SSSR count). The van der Waals surface area contributed by atoms with E-state index in [0.717, 1.165) is 16.9 Å². The number of benzene rings is 2. The Morgan fingerprint density at radius 2 is 1.61 bits per heavy atom. The van der Waals surface area contributed by atoms with Gasteiger partial charge in [0.2, 0.25) is 0 Å². The van der Waals surface area contributed by atoms with E-state index in [1.54, 1.807) is 30.3 Å². The third kappa shape index (κ3) is 9.88. The molecular formula is C24H33N2O6P. The molecule has 2 atom stereocenters. The molecule has 0 aliphatic rings. The van der Waals surface area contributed by atoms with E-state index in [0.29, 0.717) is 37.9 Å². The Bertz CT molecular complexity index is 910. The number of carboxylic acid groups (broad SMARTS) is 1. The normalized spacial score (nSPS) is 13.8. The molecule has 0 spiro atoms. The number of hydrogen-bond acceptors (Lipinski definition) is 5. The van der Waals surface area contributed by atoms with E-state index < -0.39 is 32.1 Å². The van der Waals surface area contributed by atoms with Gasteiger partial charge < -0.3 is 15.7 Å². The quantitative estimate of drug-likeness (QED) is 0.263. The predicted molar refractivity (Wildman–Crippen MR) is 128 cm³/mol. The highest BCUT2D eigenvalue weighted by atomic mass is 31.2. The summed E-state index contributed by atoms with van der Waals surface area (Å²) in [6.07, 6.45) is 1.93. The van der Waals surface area contributed by atoms with Crippen LogP contribution >= 0.6 is 7.60 Å². The molecule has 0 aliphatic heterocycles. The number of aryl methyl sites for hydroxylation is 1. The molecule has 4 N–H and O–H groups in total. The third-order valence-corrected chi connectivity index (χ3v) is 6.58. The number of unbranched alkanes of at least 4 members (excludes halogenated alkanes) is 2. The van der Waals surface area contributed by atoms with Gasteiger partial charge in [-0.25, -0.2) is 0 Å². The molecule has 0 aromatic heterocycles. The summed E-state index contributed by atoms with van der Waals surface area (Å²) in [5, 5.41) is 9.30. The summed E-state index contributed by atoms with van der Waals surface area (Å²) in [4.78, 5) is 36.1. The first-order valence-electron chi connectivity index (χ1n) is 11.1. The highest BCUT2D eigenvalue weighted by molar-refractivity contribution is 7.52. The largest absolute Gasteiger partial charge is 0.480 e. The average Bonchev–Trinajstić information content (AvgIpc) is 2.80. The minimum Gasteiger partial charge on any atom is -0.480 e. The molecule has 2 aromatic carbocycles. The molecule has 1 amide bonds. The summed E-state index contributed by atoms with van der Waals surface area (Å²) in [5.74, 6) is -1.85. The van der Waals surface area contributed by atoms with Crippen LogP contribution in [0.2, 0.25) is 0 Å². The van der Waals surface area contributed by atoms with Crippen molar-refractivity contribution in [3.05, 3.63) is 66.2 Å². The van der Waals surface area contributed by atoms with E-state index in [1.807, 2.05) is 30.3 Å². The summed E-state index contributed by atoms with van der Waals surface area (Å²) in [5.41, 5.74) is 7.07. The molecule has 2 unspecified atom stereocenters. The second-order valence-corrected chi connectivity index (χ2v) is 9.77. The lowest BCUT2D eigenvalue weighted by Crippen LogP contribution is -2.43. The van der Waals surface area contributed by atoms with Crippen molar-refractivity contribution in [1.29, 1.82) is 0 Å². The number of carboxylic acids is 1. The number of aliphatic carboxylic acids is 1. The number of para-hydroxylation sites is 1. The number of nitrogens with zero attached hydrogens (tertiary/aromatic N) is 1. The first-order chi connectivity index (χ1) is 15.8. The molecule has 33 heavy (non-hydrogen) atoms. The Kier molecular flexibility index (Phi) is 11.3. The van der Waals surface area contributed by atoms with Gasteiger partial charge in [-0.05, 0) is 62.8 Å². The summed E-state index contributed by atoms with van der Waals surface area (Å²) in [6, 6.07) is 18.2. The van der Waals surface area contributed by atoms with Crippen molar-refractivity contribution in [2.75, 3.05) is 24.2 Å². The Morgan fingerprint density at radius 3 is 2.21 bits per heavy atom. The van der Waals surface area contributed by atoms with E-state index in [9.17, 15) is 24.2 Å². The number of nitrogens with two attached hydrogens (primary N) is 1. The van der Waals surface area contributed by atoms with Crippen LogP contribution < -0.4 is 10.6 Å². The molecule has 0 radical (unpaired) electrons. The molecule has 9 heteroatoms. The van der Waals surface area contributed by atoms with Crippen molar-refractivity contribution in [3.8, 4) is 0 Å². The second kappa shape index (κ2) is 13.9. The molecule has 0 saturated heterocycles. The molecule has 8 nitrogen and oxygen atoms in total. The minimum atomic E-state index is -4.06. The molecular weight excluding hydrogens is 443 g/mol. The Labute approximate surface area is 194 Å². The van der Waals surface area contributed by atoms with Gasteiger partial charge in [0.05, 0.1) is 6.16 Å². The Hall–Kier alpha value is -2.51. The van der Waals surface area contributed by atoms with E-state index in [1.165, 1.54) is 0 Å². The van der Waals surface area contributed by atoms with Crippen molar-refractivity contribution in [2.45, 2.75) is 44.6 Å². The summed E-state index contributed by atoms with van der Waals surface area (Å²) >= 11 is 0. The van der Waals surface area contributed by atoms with Crippen LogP contribution in [0.25, 0.3) is 0 Å². The van der Waals surface area contributed by atoms with Gasteiger partial charge in [0.1, 0.15) is 12.6 Å². The van der Waals surface area contributed by atoms with Crippen LogP contribution in [0, 0.1) is 0 Å². The van der Waals surface area contributed by atoms with Crippen LogP contribution in [0.15, 0.2) is 60.7 Å². The Morgan fingerprint density at radius 1 is 0.970 bits per heavy atom. The fourth-order valence-corrected chi connectivity index (χ4v) is 4.77. The van der Waals surface area contributed by atoms with Crippen LogP contribution in [0.5, 0.6) is 0 Å². The zero-order chi connectivity index (χ0) is 24.1. The van der Waals surface area contributed by atoms with E-state index >= 15 is 0 Å². The smallest absolute Gasteiger partial charge is 0.328 e. The van der Waals surface area contributed by atoms with Gasteiger partial charge in [-0.2, -0.15) is 0 Å².